The number of carbonyl (C=O) groups excluding carboxylic acids is 1. The molecule has 142 valence electrons. The van der Waals surface area contributed by atoms with Crippen LogP contribution in [0.4, 0.5) is 11.4 Å². The molecule has 3 rings (SSSR count). The molecule has 7 nitrogen and oxygen atoms in total. The molecule has 1 unspecified atom stereocenters. The molecule has 0 saturated heterocycles. The fraction of sp³-hybridized carbons (Fsp3) is 0.316. The number of nitrogens with zero attached hydrogens (tertiary/aromatic N) is 1. The second-order valence-corrected chi connectivity index (χ2v) is 6.85. The van der Waals surface area contributed by atoms with E-state index in [4.69, 9.17) is 16.3 Å². The summed E-state index contributed by atoms with van der Waals surface area (Å²) in [6.45, 7) is 0.101. The van der Waals surface area contributed by atoms with Crippen molar-refractivity contribution < 1.29 is 14.5 Å². The number of halogens is 1. The van der Waals surface area contributed by atoms with Crippen LogP contribution < -0.4 is 15.4 Å². The van der Waals surface area contributed by atoms with Gasteiger partial charge in [-0.1, -0.05) is 23.7 Å². The van der Waals surface area contributed by atoms with E-state index in [2.05, 4.69) is 10.6 Å². The molecule has 0 aliphatic heterocycles. The van der Waals surface area contributed by atoms with Crippen molar-refractivity contribution >= 4 is 28.9 Å². The number of amides is 1. The first kappa shape index (κ1) is 19.1. The third-order valence-corrected chi connectivity index (χ3v) is 4.80. The smallest absolute Gasteiger partial charge is 0.289 e. The molecule has 0 spiro atoms. The van der Waals surface area contributed by atoms with E-state index in [-0.39, 0.29) is 29.2 Å². The van der Waals surface area contributed by atoms with Crippen molar-refractivity contribution in [1.82, 2.24) is 5.32 Å². The van der Waals surface area contributed by atoms with Crippen molar-refractivity contribution in [2.75, 3.05) is 19.0 Å². The number of rotatable bonds is 8. The average Bonchev–Trinajstić information content (AvgIpc) is 3.49. The van der Waals surface area contributed by atoms with Crippen LogP contribution in [0.2, 0.25) is 5.02 Å². The normalized spacial score (nSPS) is 14.4. The maximum atomic E-state index is 12.3. The summed E-state index contributed by atoms with van der Waals surface area (Å²) >= 11 is 5.79. The molecule has 0 heterocycles. The highest BCUT2D eigenvalue weighted by atomic mass is 35.5. The predicted octanol–water partition coefficient (Wildman–Crippen LogP) is 3.94. The first-order valence-electron chi connectivity index (χ1n) is 8.59. The molecule has 1 aliphatic carbocycles. The number of methoxy groups -OCH3 is 1. The minimum absolute atomic E-state index is 0.0319. The maximum Gasteiger partial charge on any atom is 0.289 e. The van der Waals surface area contributed by atoms with Gasteiger partial charge in [0.2, 0.25) is 5.91 Å². The van der Waals surface area contributed by atoms with Crippen molar-refractivity contribution in [2.24, 2.45) is 5.92 Å². The molecule has 1 fully saturated rings. The number of carbonyl (C=O) groups is 1. The van der Waals surface area contributed by atoms with Gasteiger partial charge in [-0.05, 0) is 48.6 Å². The third-order valence-electron chi connectivity index (χ3n) is 4.48. The van der Waals surface area contributed by atoms with Crippen molar-refractivity contribution in [2.45, 2.75) is 18.9 Å². The molecule has 0 bridgehead atoms. The highest BCUT2D eigenvalue weighted by Crippen LogP contribution is 2.41. The largest absolute Gasteiger partial charge is 0.497 e. The van der Waals surface area contributed by atoms with Crippen molar-refractivity contribution in [3.05, 3.63) is 63.2 Å². The number of hydrogen-bond acceptors (Lipinski definition) is 5. The SMILES string of the molecule is COc1ccc(C(NCC(=O)Nc2ccc(Cl)c([N+](=O)[O-])c2)C2CC2)cc1. The van der Waals surface area contributed by atoms with E-state index in [1.54, 1.807) is 7.11 Å². The molecule has 2 aromatic rings. The van der Waals surface area contributed by atoms with Gasteiger partial charge < -0.3 is 15.4 Å². The molecule has 1 aliphatic rings. The molecule has 0 radical (unpaired) electrons. The number of nitro groups is 1. The molecule has 27 heavy (non-hydrogen) atoms. The molecule has 8 heteroatoms. The monoisotopic (exact) mass is 389 g/mol. The van der Waals surface area contributed by atoms with Crippen LogP contribution in [0.1, 0.15) is 24.4 Å². The zero-order valence-electron chi connectivity index (χ0n) is 14.8. The Labute approximate surface area is 161 Å². The van der Waals surface area contributed by atoms with Gasteiger partial charge in [-0.3, -0.25) is 14.9 Å². The number of benzene rings is 2. The van der Waals surface area contributed by atoms with E-state index < -0.39 is 4.92 Å². The lowest BCUT2D eigenvalue weighted by Crippen LogP contribution is -2.32. The summed E-state index contributed by atoms with van der Waals surface area (Å²) in [7, 11) is 1.62. The molecular formula is C19H20ClN3O4. The summed E-state index contributed by atoms with van der Waals surface area (Å²) in [4.78, 5) is 22.6. The summed E-state index contributed by atoms with van der Waals surface area (Å²) in [6.07, 6.45) is 2.24. The van der Waals surface area contributed by atoms with E-state index in [1.807, 2.05) is 24.3 Å². The van der Waals surface area contributed by atoms with Gasteiger partial charge in [0.25, 0.3) is 5.69 Å². The molecule has 2 aromatic carbocycles. The highest BCUT2D eigenvalue weighted by molar-refractivity contribution is 6.32. The maximum absolute atomic E-state index is 12.3. The molecular weight excluding hydrogens is 370 g/mol. The van der Waals surface area contributed by atoms with Crippen LogP contribution in [0.25, 0.3) is 0 Å². The Morgan fingerprint density at radius 3 is 2.59 bits per heavy atom. The standard InChI is InChI=1S/C19H20ClN3O4/c1-27-15-7-4-13(5-8-15)19(12-2-3-12)21-11-18(24)22-14-6-9-16(20)17(10-14)23(25)26/h4-10,12,19,21H,2-3,11H2,1H3,(H,22,24). The Balaban J connectivity index is 1.61. The lowest BCUT2D eigenvalue weighted by molar-refractivity contribution is -0.384. The van der Waals surface area contributed by atoms with E-state index in [1.165, 1.54) is 18.2 Å². The number of nitrogens with one attached hydrogen (secondary N) is 2. The average molecular weight is 390 g/mol. The van der Waals surface area contributed by atoms with Gasteiger partial charge in [-0.15, -0.1) is 0 Å². The highest BCUT2D eigenvalue weighted by Gasteiger charge is 2.32. The van der Waals surface area contributed by atoms with Gasteiger partial charge in [-0.2, -0.15) is 0 Å². The van der Waals surface area contributed by atoms with Crippen LogP contribution >= 0.6 is 11.6 Å². The minimum atomic E-state index is -0.580. The Kier molecular flexibility index (Phi) is 5.93. The Bertz CT molecular complexity index is 837. The molecule has 1 saturated carbocycles. The summed E-state index contributed by atoms with van der Waals surface area (Å²) in [5, 5.41) is 16.9. The summed E-state index contributed by atoms with van der Waals surface area (Å²) in [5.74, 6) is 1.02. The van der Waals surface area contributed by atoms with Crippen LogP contribution in [0.15, 0.2) is 42.5 Å². The Morgan fingerprint density at radius 2 is 2.00 bits per heavy atom. The van der Waals surface area contributed by atoms with Crippen LogP contribution in [0.5, 0.6) is 5.75 Å². The van der Waals surface area contributed by atoms with Crippen LogP contribution in [-0.4, -0.2) is 24.5 Å². The lowest BCUT2D eigenvalue weighted by Gasteiger charge is -2.19. The van der Waals surface area contributed by atoms with E-state index in [0.717, 1.165) is 24.2 Å². The van der Waals surface area contributed by atoms with Crippen molar-refractivity contribution in [3.63, 3.8) is 0 Å². The summed E-state index contributed by atoms with van der Waals surface area (Å²) < 4.78 is 5.18. The first-order valence-corrected chi connectivity index (χ1v) is 8.97. The van der Waals surface area contributed by atoms with Gasteiger partial charge in [0, 0.05) is 17.8 Å². The zero-order chi connectivity index (χ0) is 19.4. The Morgan fingerprint density at radius 1 is 1.30 bits per heavy atom. The quantitative estimate of drug-likeness (QED) is 0.527. The minimum Gasteiger partial charge on any atom is -0.497 e. The Hall–Kier alpha value is -2.64. The molecule has 2 N–H and O–H groups in total. The van der Waals surface area contributed by atoms with Crippen LogP contribution in [0.3, 0.4) is 0 Å². The second-order valence-electron chi connectivity index (χ2n) is 6.44. The van der Waals surface area contributed by atoms with Gasteiger partial charge in [0.15, 0.2) is 0 Å². The van der Waals surface area contributed by atoms with Crippen LogP contribution in [0, 0.1) is 16.0 Å². The van der Waals surface area contributed by atoms with Gasteiger partial charge in [0.05, 0.1) is 18.6 Å². The molecule has 1 atom stereocenters. The number of nitro benzene ring substituents is 1. The number of ether oxygens (including phenoxy) is 1. The molecule has 0 aromatic heterocycles. The predicted molar refractivity (Wildman–Crippen MR) is 103 cm³/mol. The zero-order valence-corrected chi connectivity index (χ0v) is 15.5. The molecule has 1 amide bonds. The fourth-order valence-corrected chi connectivity index (χ4v) is 3.12. The van der Waals surface area contributed by atoms with Crippen molar-refractivity contribution in [1.29, 1.82) is 0 Å². The topological polar surface area (TPSA) is 93.5 Å². The van der Waals surface area contributed by atoms with Gasteiger partial charge >= 0.3 is 0 Å². The number of anilines is 1. The van der Waals surface area contributed by atoms with Gasteiger partial charge in [0.1, 0.15) is 10.8 Å². The fourth-order valence-electron chi connectivity index (χ4n) is 2.94. The summed E-state index contributed by atoms with van der Waals surface area (Å²) in [6, 6.07) is 12.1. The summed E-state index contributed by atoms with van der Waals surface area (Å²) in [5.41, 5.74) is 1.20. The van der Waals surface area contributed by atoms with Crippen molar-refractivity contribution in [3.8, 4) is 5.75 Å². The lowest BCUT2D eigenvalue weighted by atomic mass is 10.0. The van der Waals surface area contributed by atoms with E-state index in [9.17, 15) is 14.9 Å². The van der Waals surface area contributed by atoms with E-state index >= 15 is 0 Å². The number of hydrogen-bond donors (Lipinski definition) is 2. The second kappa shape index (κ2) is 8.37. The van der Waals surface area contributed by atoms with Crippen LogP contribution in [-0.2, 0) is 4.79 Å². The third kappa shape index (κ3) is 4.96. The van der Waals surface area contributed by atoms with Gasteiger partial charge in [-0.25, -0.2) is 0 Å². The first-order chi connectivity index (χ1) is 13.0. The van der Waals surface area contributed by atoms with E-state index in [0.29, 0.717) is 11.6 Å².